The van der Waals surface area contributed by atoms with Gasteiger partial charge in [0.25, 0.3) is 0 Å². The summed E-state index contributed by atoms with van der Waals surface area (Å²) in [5.41, 5.74) is 5.25. The van der Waals surface area contributed by atoms with Crippen LogP contribution in [0.15, 0.2) is 61.2 Å². The fourth-order valence-electron chi connectivity index (χ4n) is 4.30. The van der Waals surface area contributed by atoms with Crippen molar-refractivity contribution in [1.82, 2.24) is 0 Å². The molecule has 1 aliphatic rings. The predicted molar refractivity (Wildman–Crippen MR) is 116 cm³/mol. The standard InChI is InChI=1S/C26H34O/c1-3-21-8-10-22(11-9-21)6-4-5-7-23-12-16-25(17-13-23)26-18-14-24(15-19-26)20-27-2/h3,12-19,21-22H,1,4-11,20H2,2H3/t21-,22-. The maximum atomic E-state index is 5.18. The van der Waals surface area contributed by atoms with Crippen molar-refractivity contribution in [3.05, 3.63) is 72.3 Å². The second-order valence-electron chi connectivity index (χ2n) is 8.09. The topological polar surface area (TPSA) is 9.23 Å². The number of aryl methyl sites for hydroxylation is 1. The number of ether oxygens (including phenoxy) is 1. The van der Waals surface area contributed by atoms with Gasteiger partial charge in [-0.15, -0.1) is 6.58 Å². The van der Waals surface area contributed by atoms with Crippen LogP contribution in [0.3, 0.4) is 0 Å². The Hall–Kier alpha value is -1.86. The lowest BCUT2D eigenvalue weighted by Gasteiger charge is -2.26. The van der Waals surface area contributed by atoms with Crippen LogP contribution in [0, 0.1) is 11.8 Å². The van der Waals surface area contributed by atoms with Gasteiger partial charge < -0.3 is 4.74 Å². The number of methoxy groups -OCH3 is 1. The number of allylic oxidation sites excluding steroid dienone is 1. The molecule has 0 aromatic heterocycles. The molecule has 1 fully saturated rings. The zero-order chi connectivity index (χ0) is 18.9. The summed E-state index contributed by atoms with van der Waals surface area (Å²) in [6, 6.07) is 17.8. The first-order chi connectivity index (χ1) is 13.3. The fourth-order valence-corrected chi connectivity index (χ4v) is 4.30. The summed E-state index contributed by atoms with van der Waals surface area (Å²) < 4.78 is 5.18. The summed E-state index contributed by atoms with van der Waals surface area (Å²) >= 11 is 0. The molecular formula is C26H34O. The van der Waals surface area contributed by atoms with Crippen molar-refractivity contribution in [3.8, 4) is 11.1 Å². The average molecular weight is 363 g/mol. The highest BCUT2D eigenvalue weighted by Gasteiger charge is 2.18. The van der Waals surface area contributed by atoms with Crippen LogP contribution >= 0.6 is 0 Å². The Kier molecular flexibility index (Phi) is 7.71. The number of benzene rings is 2. The fraction of sp³-hybridized carbons (Fsp3) is 0.462. The first-order valence-corrected chi connectivity index (χ1v) is 10.6. The smallest absolute Gasteiger partial charge is 0.0713 e. The Morgan fingerprint density at radius 1 is 0.852 bits per heavy atom. The molecule has 3 rings (SSSR count). The molecule has 0 radical (unpaired) electrons. The highest BCUT2D eigenvalue weighted by molar-refractivity contribution is 5.63. The van der Waals surface area contributed by atoms with E-state index >= 15 is 0 Å². The zero-order valence-corrected chi connectivity index (χ0v) is 16.8. The Balaban J connectivity index is 1.41. The largest absolute Gasteiger partial charge is 0.380 e. The Labute approximate surface area is 165 Å². The molecule has 0 aliphatic heterocycles. The van der Waals surface area contributed by atoms with E-state index in [0.717, 1.165) is 11.8 Å². The Morgan fingerprint density at radius 2 is 1.44 bits per heavy atom. The van der Waals surface area contributed by atoms with Crippen LogP contribution in [0.2, 0.25) is 0 Å². The number of rotatable bonds is 9. The molecule has 0 heterocycles. The van der Waals surface area contributed by atoms with E-state index in [0.29, 0.717) is 6.61 Å². The van der Waals surface area contributed by atoms with Gasteiger partial charge in [-0.3, -0.25) is 0 Å². The van der Waals surface area contributed by atoms with Crippen molar-refractivity contribution >= 4 is 0 Å². The molecule has 0 bridgehead atoms. The van der Waals surface area contributed by atoms with Gasteiger partial charge >= 0.3 is 0 Å². The van der Waals surface area contributed by atoms with Gasteiger partial charge in [-0.1, -0.05) is 67.4 Å². The van der Waals surface area contributed by atoms with Crippen LogP contribution in [0.5, 0.6) is 0 Å². The molecule has 0 atom stereocenters. The van der Waals surface area contributed by atoms with E-state index in [1.165, 1.54) is 73.6 Å². The van der Waals surface area contributed by atoms with E-state index < -0.39 is 0 Å². The monoisotopic (exact) mass is 362 g/mol. The Morgan fingerprint density at radius 3 is 2.00 bits per heavy atom. The van der Waals surface area contributed by atoms with Gasteiger partial charge in [0.15, 0.2) is 0 Å². The highest BCUT2D eigenvalue weighted by Crippen LogP contribution is 2.32. The Bertz CT molecular complexity index is 675. The maximum Gasteiger partial charge on any atom is 0.0713 e. The molecule has 1 aliphatic carbocycles. The van der Waals surface area contributed by atoms with Crippen LogP contribution in [0.4, 0.5) is 0 Å². The SMILES string of the molecule is C=C[C@H]1CC[C@H](CCCCc2ccc(-c3ccc(COC)cc3)cc2)CC1. The molecule has 1 heteroatoms. The molecular weight excluding hydrogens is 328 g/mol. The lowest BCUT2D eigenvalue weighted by molar-refractivity contribution is 0.185. The molecule has 0 saturated heterocycles. The summed E-state index contributed by atoms with van der Waals surface area (Å²) in [5, 5.41) is 0. The van der Waals surface area contributed by atoms with Crippen molar-refractivity contribution in [3.63, 3.8) is 0 Å². The first-order valence-electron chi connectivity index (χ1n) is 10.6. The van der Waals surface area contributed by atoms with Gasteiger partial charge in [0.05, 0.1) is 6.61 Å². The quantitative estimate of drug-likeness (QED) is 0.338. The van der Waals surface area contributed by atoms with Crippen molar-refractivity contribution in [2.24, 2.45) is 11.8 Å². The molecule has 0 spiro atoms. The van der Waals surface area contributed by atoms with Crippen LogP contribution < -0.4 is 0 Å². The van der Waals surface area contributed by atoms with Gasteiger partial charge in [-0.2, -0.15) is 0 Å². The molecule has 1 nitrogen and oxygen atoms in total. The van der Waals surface area contributed by atoms with Crippen molar-refractivity contribution in [2.45, 2.75) is 58.0 Å². The van der Waals surface area contributed by atoms with Gasteiger partial charge in [0.1, 0.15) is 0 Å². The first kappa shape index (κ1) is 19.9. The van der Waals surface area contributed by atoms with Crippen LogP contribution in [-0.4, -0.2) is 7.11 Å². The maximum absolute atomic E-state index is 5.18. The summed E-state index contributed by atoms with van der Waals surface area (Å²) in [5.74, 6) is 1.75. The molecule has 1 saturated carbocycles. The van der Waals surface area contributed by atoms with Gasteiger partial charge in [0, 0.05) is 7.11 Å². The van der Waals surface area contributed by atoms with Crippen molar-refractivity contribution in [2.75, 3.05) is 7.11 Å². The number of unbranched alkanes of at least 4 members (excludes halogenated alkanes) is 1. The van der Waals surface area contributed by atoms with Gasteiger partial charge in [0.2, 0.25) is 0 Å². The second kappa shape index (κ2) is 10.5. The third kappa shape index (κ3) is 6.07. The second-order valence-corrected chi connectivity index (χ2v) is 8.09. The van der Waals surface area contributed by atoms with Crippen molar-refractivity contribution in [1.29, 1.82) is 0 Å². The minimum Gasteiger partial charge on any atom is -0.380 e. The third-order valence-corrected chi connectivity index (χ3v) is 6.10. The van der Waals surface area contributed by atoms with Crippen LogP contribution in [0.25, 0.3) is 11.1 Å². The van der Waals surface area contributed by atoms with Crippen LogP contribution in [0.1, 0.15) is 56.1 Å². The van der Waals surface area contributed by atoms with E-state index in [1.807, 2.05) is 0 Å². The summed E-state index contributed by atoms with van der Waals surface area (Å²) in [6.07, 6.45) is 13.0. The van der Waals surface area contributed by atoms with E-state index in [4.69, 9.17) is 4.74 Å². The molecule has 144 valence electrons. The normalized spacial score (nSPS) is 19.7. The summed E-state index contributed by atoms with van der Waals surface area (Å²) in [4.78, 5) is 0. The summed E-state index contributed by atoms with van der Waals surface area (Å²) in [6.45, 7) is 4.63. The molecule has 27 heavy (non-hydrogen) atoms. The summed E-state index contributed by atoms with van der Waals surface area (Å²) in [7, 11) is 1.74. The van der Waals surface area contributed by atoms with Gasteiger partial charge in [-0.25, -0.2) is 0 Å². The number of hydrogen-bond acceptors (Lipinski definition) is 1. The third-order valence-electron chi connectivity index (χ3n) is 6.10. The minimum atomic E-state index is 0.676. The molecule has 0 N–H and O–H groups in total. The van der Waals surface area contributed by atoms with Gasteiger partial charge in [-0.05, 0) is 72.6 Å². The lowest BCUT2D eigenvalue weighted by atomic mass is 9.80. The molecule has 2 aromatic rings. The molecule has 0 unspecified atom stereocenters. The van der Waals surface area contributed by atoms with E-state index in [1.54, 1.807) is 7.11 Å². The lowest BCUT2D eigenvalue weighted by Crippen LogP contribution is -2.12. The minimum absolute atomic E-state index is 0.676. The molecule has 0 amide bonds. The highest BCUT2D eigenvalue weighted by atomic mass is 16.5. The van der Waals surface area contributed by atoms with E-state index in [9.17, 15) is 0 Å². The van der Waals surface area contributed by atoms with E-state index in [-0.39, 0.29) is 0 Å². The average Bonchev–Trinajstić information content (AvgIpc) is 2.73. The zero-order valence-electron chi connectivity index (χ0n) is 16.8. The number of hydrogen-bond donors (Lipinski definition) is 0. The predicted octanol–water partition coefficient (Wildman–Crippen LogP) is 7.21. The van der Waals surface area contributed by atoms with E-state index in [2.05, 4.69) is 61.2 Å². The molecule has 2 aromatic carbocycles. The van der Waals surface area contributed by atoms with Crippen LogP contribution in [-0.2, 0) is 17.8 Å². The van der Waals surface area contributed by atoms with Crippen molar-refractivity contribution < 1.29 is 4.74 Å².